The van der Waals surface area contributed by atoms with E-state index in [9.17, 15) is 13.2 Å². The third-order valence-corrected chi connectivity index (χ3v) is 5.79. The number of piperidine rings is 1. The Morgan fingerprint density at radius 2 is 1.83 bits per heavy atom. The Bertz CT molecular complexity index is 823. The molecule has 128 valence electrons. The maximum Gasteiger partial charge on any atom is 0.273 e. The first-order valence-corrected chi connectivity index (χ1v) is 10.5. The van der Waals surface area contributed by atoms with E-state index in [1.165, 1.54) is 24.0 Å². The number of carbonyl (C=O) groups is 1. The Hall–Kier alpha value is -1.93. The summed E-state index contributed by atoms with van der Waals surface area (Å²) in [6, 6.07) is 6.46. The van der Waals surface area contributed by atoms with Gasteiger partial charge in [-0.3, -0.25) is 4.79 Å². The largest absolute Gasteiger partial charge is 0.337 e. The van der Waals surface area contributed by atoms with E-state index in [0.717, 1.165) is 31.6 Å². The Morgan fingerprint density at radius 3 is 2.46 bits per heavy atom. The minimum Gasteiger partial charge on any atom is -0.337 e. The van der Waals surface area contributed by atoms with E-state index in [0.29, 0.717) is 10.8 Å². The fraction of sp³-hybridized carbons (Fsp3) is 0.375. The summed E-state index contributed by atoms with van der Waals surface area (Å²) in [5.41, 5.74) is 1.19. The lowest BCUT2D eigenvalue weighted by molar-refractivity contribution is 0.0719. The van der Waals surface area contributed by atoms with Gasteiger partial charge in [-0.25, -0.2) is 13.4 Å². The molecule has 6 nitrogen and oxygen atoms in total. The summed E-state index contributed by atoms with van der Waals surface area (Å²) in [5.74, 6) is -0.0218. The number of amides is 1. The highest BCUT2D eigenvalue weighted by atomic mass is 32.2. The maximum atomic E-state index is 12.4. The summed E-state index contributed by atoms with van der Waals surface area (Å²) in [7, 11) is -3.20. The van der Waals surface area contributed by atoms with Gasteiger partial charge in [-0.2, -0.15) is 0 Å². The van der Waals surface area contributed by atoms with Crippen LogP contribution < -0.4 is 5.32 Å². The van der Waals surface area contributed by atoms with Crippen molar-refractivity contribution >= 4 is 37.9 Å². The van der Waals surface area contributed by atoms with Crippen LogP contribution in [0, 0.1) is 0 Å². The molecule has 0 saturated carbocycles. The first-order chi connectivity index (χ1) is 11.4. The lowest BCUT2D eigenvalue weighted by atomic mass is 10.1. The van der Waals surface area contributed by atoms with Gasteiger partial charge in [-0.1, -0.05) is 0 Å². The molecule has 3 rings (SSSR count). The molecule has 0 atom stereocenters. The average molecular weight is 365 g/mol. The molecule has 1 fully saturated rings. The lowest BCUT2D eigenvalue weighted by Gasteiger charge is -2.25. The number of likely N-dealkylation sites (tertiary alicyclic amines) is 1. The van der Waals surface area contributed by atoms with E-state index >= 15 is 0 Å². The van der Waals surface area contributed by atoms with E-state index in [1.54, 1.807) is 29.6 Å². The van der Waals surface area contributed by atoms with Crippen LogP contribution in [0.15, 0.2) is 34.5 Å². The molecule has 2 aromatic rings. The molecule has 1 aromatic carbocycles. The summed E-state index contributed by atoms with van der Waals surface area (Å²) in [4.78, 5) is 18.9. The van der Waals surface area contributed by atoms with Crippen molar-refractivity contribution in [2.24, 2.45) is 0 Å². The molecule has 2 heterocycles. The number of benzene rings is 1. The predicted octanol–water partition coefficient (Wildman–Crippen LogP) is 2.92. The molecule has 1 N–H and O–H groups in total. The molecule has 0 bridgehead atoms. The Kier molecular flexibility index (Phi) is 4.86. The number of hydrogen-bond donors (Lipinski definition) is 1. The van der Waals surface area contributed by atoms with Crippen molar-refractivity contribution in [2.45, 2.75) is 24.2 Å². The quantitative estimate of drug-likeness (QED) is 0.901. The molecule has 0 unspecified atom stereocenters. The van der Waals surface area contributed by atoms with E-state index in [-0.39, 0.29) is 10.8 Å². The first kappa shape index (κ1) is 16.9. The summed E-state index contributed by atoms with van der Waals surface area (Å²) < 4.78 is 22.9. The minimum atomic E-state index is -3.20. The second kappa shape index (κ2) is 6.90. The van der Waals surface area contributed by atoms with Crippen LogP contribution in [-0.2, 0) is 9.84 Å². The normalized spacial score (nSPS) is 15.3. The van der Waals surface area contributed by atoms with E-state index < -0.39 is 9.84 Å². The Balaban J connectivity index is 1.68. The van der Waals surface area contributed by atoms with E-state index in [1.807, 2.05) is 4.90 Å². The molecular formula is C16H19N3O3S2. The van der Waals surface area contributed by atoms with Crippen LogP contribution in [0.3, 0.4) is 0 Å². The summed E-state index contributed by atoms with van der Waals surface area (Å²) >= 11 is 1.36. The summed E-state index contributed by atoms with van der Waals surface area (Å²) in [6.07, 6.45) is 4.45. The molecular weight excluding hydrogens is 346 g/mol. The van der Waals surface area contributed by atoms with Crippen LogP contribution in [0.25, 0.3) is 0 Å². The number of rotatable bonds is 4. The number of nitrogens with zero attached hydrogens (tertiary/aromatic N) is 2. The molecule has 1 saturated heterocycles. The SMILES string of the molecule is CS(=O)(=O)c1ccc(Nc2nc(C(=O)N3CCCCC3)cs2)cc1. The van der Waals surface area contributed by atoms with Gasteiger partial charge in [0, 0.05) is 30.4 Å². The fourth-order valence-electron chi connectivity index (χ4n) is 2.60. The third-order valence-electron chi connectivity index (χ3n) is 3.90. The molecule has 0 radical (unpaired) electrons. The van der Waals surface area contributed by atoms with Gasteiger partial charge in [0.15, 0.2) is 15.0 Å². The molecule has 24 heavy (non-hydrogen) atoms. The first-order valence-electron chi connectivity index (χ1n) is 7.75. The molecule has 0 aliphatic carbocycles. The summed E-state index contributed by atoms with van der Waals surface area (Å²) in [6.45, 7) is 1.60. The van der Waals surface area contributed by atoms with Gasteiger partial charge in [0.2, 0.25) is 0 Å². The van der Waals surface area contributed by atoms with Crippen LogP contribution >= 0.6 is 11.3 Å². The second-order valence-corrected chi connectivity index (χ2v) is 8.69. The maximum absolute atomic E-state index is 12.4. The smallest absolute Gasteiger partial charge is 0.273 e. The van der Waals surface area contributed by atoms with Gasteiger partial charge in [0.05, 0.1) is 4.90 Å². The molecule has 1 amide bonds. The highest BCUT2D eigenvalue weighted by Crippen LogP contribution is 2.23. The lowest BCUT2D eigenvalue weighted by Crippen LogP contribution is -2.35. The van der Waals surface area contributed by atoms with E-state index in [2.05, 4.69) is 10.3 Å². The van der Waals surface area contributed by atoms with Crippen LogP contribution in [0.5, 0.6) is 0 Å². The molecule has 1 aliphatic rings. The van der Waals surface area contributed by atoms with Crippen molar-refractivity contribution < 1.29 is 13.2 Å². The van der Waals surface area contributed by atoms with Crippen molar-refractivity contribution in [3.8, 4) is 0 Å². The number of nitrogens with one attached hydrogen (secondary N) is 1. The number of aromatic nitrogens is 1. The van der Waals surface area contributed by atoms with Crippen molar-refractivity contribution in [1.29, 1.82) is 0 Å². The van der Waals surface area contributed by atoms with Gasteiger partial charge in [-0.05, 0) is 43.5 Å². The monoisotopic (exact) mass is 365 g/mol. The minimum absolute atomic E-state index is 0.0218. The molecule has 1 aliphatic heterocycles. The number of hydrogen-bond acceptors (Lipinski definition) is 6. The van der Waals surface area contributed by atoms with Crippen molar-refractivity contribution in [2.75, 3.05) is 24.7 Å². The zero-order chi connectivity index (χ0) is 17.2. The topological polar surface area (TPSA) is 79.4 Å². The standard InChI is InChI=1S/C16H19N3O3S2/c1-24(21,22)13-7-5-12(6-8-13)17-16-18-14(11-23-16)15(20)19-9-3-2-4-10-19/h5-8,11H,2-4,9-10H2,1H3,(H,17,18). The van der Waals surface area contributed by atoms with Gasteiger partial charge >= 0.3 is 0 Å². The molecule has 8 heteroatoms. The predicted molar refractivity (Wildman–Crippen MR) is 94.7 cm³/mol. The zero-order valence-corrected chi connectivity index (χ0v) is 15.0. The Labute approximate surface area is 145 Å². The van der Waals surface area contributed by atoms with Gasteiger partial charge in [0.1, 0.15) is 5.69 Å². The average Bonchev–Trinajstić information content (AvgIpc) is 3.03. The van der Waals surface area contributed by atoms with Crippen molar-refractivity contribution in [3.63, 3.8) is 0 Å². The number of thiazole rings is 1. The number of sulfone groups is 1. The van der Waals surface area contributed by atoms with Crippen LogP contribution in [0.2, 0.25) is 0 Å². The molecule has 1 aromatic heterocycles. The van der Waals surface area contributed by atoms with Crippen LogP contribution in [-0.4, -0.2) is 43.6 Å². The second-order valence-electron chi connectivity index (χ2n) is 5.81. The van der Waals surface area contributed by atoms with Crippen molar-refractivity contribution in [3.05, 3.63) is 35.3 Å². The highest BCUT2D eigenvalue weighted by molar-refractivity contribution is 7.90. The number of anilines is 2. The third kappa shape index (κ3) is 3.93. The van der Waals surface area contributed by atoms with Gasteiger partial charge in [-0.15, -0.1) is 11.3 Å². The Morgan fingerprint density at radius 1 is 1.17 bits per heavy atom. The van der Waals surface area contributed by atoms with Crippen LogP contribution in [0.4, 0.5) is 10.8 Å². The van der Waals surface area contributed by atoms with Crippen LogP contribution in [0.1, 0.15) is 29.8 Å². The van der Waals surface area contributed by atoms with Gasteiger partial charge < -0.3 is 10.2 Å². The highest BCUT2D eigenvalue weighted by Gasteiger charge is 2.20. The van der Waals surface area contributed by atoms with Crippen molar-refractivity contribution in [1.82, 2.24) is 9.88 Å². The zero-order valence-electron chi connectivity index (χ0n) is 13.4. The number of carbonyl (C=O) groups excluding carboxylic acids is 1. The molecule has 0 spiro atoms. The van der Waals surface area contributed by atoms with Gasteiger partial charge in [0.25, 0.3) is 5.91 Å². The van der Waals surface area contributed by atoms with E-state index in [4.69, 9.17) is 0 Å². The fourth-order valence-corrected chi connectivity index (χ4v) is 3.93. The summed E-state index contributed by atoms with van der Waals surface area (Å²) in [5, 5.41) is 5.47.